The Labute approximate surface area is 129 Å². The van der Waals surface area contributed by atoms with E-state index in [1.807, 2.05) is 0 Å². The van der Waals surface area contributed by atoms with Crippen LogP contribution < -0.4 is 5.32 Å². The van der Waals surface area contributed by atoms with Crippen molar-refractivity contribution in [1.82, 2.24) is 15.1 Å². The van der Waals surface area contributed by atoms with E-state index in [4.69, 9.17) is 0 Å². The first kappa shape index (κ1) is 16.2. The molecule has 0 saturated carbocycles. The third-order valence-electron chi connectivity index (χ3n) is 4.05. The van der Waals surface area contributed by atoms with Crippen molar-refractivity contribution in [3.8, 4) is 0 Å². The van der Waals surface area contributed by atoms with Crippen molar-refractivity contribution in [2.75, 3.05) is 25.0 Å². The predicted octanol–water partition coefficient (Wildman–Crippen LogP) is 2.68. The van der Waals surface area contributed by atoms with Crippen LogP contribution in [0.4, 0.5) is 9.93 Å². The van der Waals surface area contributed by atoms with Crippen LogP contribution >= 0.6 is 11.3 Å². The zero-order valence-corrected chi connectivity index (χ0v) is 13.5. The van der Waals surface area contributed by atoms with E-state index in [1.165, 1.54) is 11.3 Å². The Bertz CT molecular complexity index is 462. The molecular weight excluding hydrogens is 288 g/mol. The van der Waals surface area contributed by atoms with Crippen LogP contribution in [-0.2, 0) is 0 Å². The molecule has 1 saturated heterocycles. The molecule has 1 unspecified atom stereocenters. The molecule has 1 fully saturated rings. The molecule has 2 rings (SSSR count). The number of hydrogen-bond acceptors (Lipinski definition) is 5. The molecule has 21 heavy (non-hydrogen) atoms. The van der Waals surface area contributed by atoms with Crippen LogP contribution in [0, 0.1) is 5.92 Å². The average molecular weight is 312 g/mol. The molecule has 7 heteroatoms. The number of likely N-dealkylation sites (tertiary alicyclic amines) is 1. The van der Waals surface area contributed by atoms with Crippen LogP contribution in [0.25, 0.3) is 0 Å². The number of aliphatic hydroxyl groups excluding tert-OH is 1. The van der Waals surface area contributed by atoms with E-state index in [0.717, 1.165) is 37.2 Å². The standard InChI is InChI=1S/C14H24N4O2S/c1-3-11(4-2)12-16-17-13(21-12)15-14(20)18-7-5-6-10(8-18)9-19/h10-11,19H,3-9H2,1-2H3,(H,15,17,20). The highest BCUT2D eigenvalue weighted by molar-refractivity contribution is 7.15. The number of piperidine rings is 1. The Morgan fingerprint density at radius 3 is 2.90 bits per heavy atom. The summed E-state index contributed by atoms with van der Waals surface area (Å²) in [5.74, 6) is 0.612. The Kier molecular flexibility index (Phi) is 5.93. The van der Waals surface area contributed by atoms with Crippen LogP contribution in [0.1, 0.15) is 50.5 Å². The number of nitrogens with zero attached hydrogens (tertiary/aromatic N) is 3. The third kappa shape index (κ3) is 4.14. The fourth-order valence-corrected chi connectivity index (χ4v) is 3.66. The largest absolute Gasteiger partial charge is 0.396 e. The van der Waals surface area contributed by atoms with E-state index in [0.29, 0.717) is 17.6 Å². The van der Waals surface area contributed by atoms with Crippen LogP contribution in [0.3, 0.4) is 0 Å². The Balaban J connectivity index is 1.93. The van der Waals surface area contributed by atoms with Crippen molar-refractivity contribution in [3.63, 3.8) is 0 Å². The summed E-state index contributed by atoms with van der Waals surface area (Å²) in [6, 6.07) is -0.139. The number of carbonyl (C=O) groups is 1. The Hall–Kier alpha value is -1.21. The lowest BCUT2D eigenvalue weighted by molar-refractivity contribution is 0.136. The number of anilines is 1. The van der Waals surface area contributed by atoms with E-state index in [9.17, 15) is 9.90 Å². The minimum atomic E-state index is -0.139. The zero-order valence-electron chi connectivity index (χ0n) is 12.7. The summed E-state index contributed by atoms with van der Waals surface area (Å²) < 4.78 is 0. The van der Waals surface area contributed by atoms with Crippen molar-refractivity contribution in [2.24, 2.45) is 5.92 Å². The number of urea groups is 1. The normalized spacial score (nSPS) is 19.0. The van der Waals surface area contributed by atoms with Gasteiger partial charge in [0.2, 0.25) is 5.13 Å². The summed E-state index contributed by atoms with van der Waals surface area (Å²) in [5, 5.41) is 21.9. The van der Waals surface area contributed by atoms with Crippen LogP contribution in [0.2, 0.25) is 0 Å². The van der Waals surface area contributed by atoms with Gasteiger partial charge in [-0.3, -0.25) is 5.32 Å². The summed E-state index contributed by atoms with van der Waals surface area (Å²) in [4.78, 5) is 14.0. The number of carbonyl (C=O) groups excluding carboxylic acids is 1. The fourth-order valence-electron chi connectivity index (χ4n) is 2.66. The first-order chi connectivity index (χ1) is 10.2. The lowest BCUT2D eigenvalue weighted by Gasteiger charge is -2.31. The summed E-state index contributed by atoms with van der Waals surface area (Å²) >= 11 is 1.46. The molecule has 2 heterocycles. The van der Waals surface area contributed by atoms with E-state index < -0.39 is 0 Å². The zero-order chi connectivity index (χ0) is 15.2. The van der Waals surface area contributed by atoms with Gasteiger partial charge >= 0.3 is 6.03 Å². The maximum Gasteiger partial charge on any atom is 0.323 e. The monoisotopic (exact) mass is 312 g/mol. The van der Waals surface area contributed by atoms with Gasteiger partial charge in [0.25, 0.3) is 0 Å². The molecule has 6 nitrogen and oxygen atoms in total. The van der Waals surface area contributed by atoms with Crippen molar-refractivity contribution < 1.29 is 9.90 Å². The molecule has 118 valence electrons. The molecule has 2 amide bonds. The third-order valence-corrected chi connectivity index (χ3v) is 5.05. The minimum Gasteiger partial charge on any atom is -0.396 e. The predicted molar refractivity (Wildman–Crippen MR) is 83.6 cm³/mol. The molecule has 1 aliphatic rings. The van der Waals surface area contributed by atoms with Crippen molar-refractivity contribution in [3.05, 3.63) is 5.01 Å². The van der Waals surface area contributed by atoms with Crippen molar-refractivity contribution in [2.45, 2.75) is 45.4 Å². The van der Waals surface area contributed by atoms with Crippen LogP contribution in [0.15, 0.2) is 0 Å². The molecule has 1 atom stereocenters. The number of rotatable bonds is 5. The molecule has 1 aromatic heterocycles. The van der Waals surface area contributed by atoms with E-state index in [1.54, 1.807) is 4.90 Å². The van der Waals surface area contributed by atoms with Gasteiger partial charge in [-0.2, -0.15) is 0 Å². The SMILES string of the molecule is CCC(CC)c1nnc(NC(=O)N2CCCC(CO)C2)s1. The number of amides is 2. The van der Waals surface area contributed by atoms with E-state index in [2.05, 4.69) is 29.4 Å². The highest BCUT2D eigenvalue weighted by Gasteiger charge is 2.24. The lowest BCUT2D eigenvalue weighted by atomic mass is 9.99. The second-order valence-corrected chi connectivity index (χ2v) is 6.53. The molecule has 0 spiro atoms. The van der Waals surface area contributed by atoms with Gasteiger partial charge in [0.15, 0.2) is 0 Å². The highest BCUT2D eigenvalue weighted by Crippen LogP contribution is 2.28. The van der Waals surface area contributed by atoms with Gasteiger partial charge in [0.1, 0.15) is 5.01 Å². The van der Waals surface area contributed by atoms with E-state index >= 15 is 0 Å². The summed E-state index contributed by atoms with van der Waals surface area (Å²) in [6.45, 7) is 5.76. The van der Waals surface area contributed by atoms with Gasteiger partial charge < -0.3 is 10.0 Å². The molecule has 0 aliphatic carbocycles. The fraction of sp³-hybridized carbons (Fsp3) is 0.786. The van der Waals surface area contributed by atoms with Gasteiger partial charge in [-0.15, -0.1) is 10.2 Å². The quantitative estimate of drug-likeness (QED) is 0.876. The molecule has 0 bridgehead atoms. The molecule has 1 aliphatic heterocycles. The molecular formula is C14H24N4O2S. The second kappa shape index (κ2) is 7.70. The number of aromatic nitrogens is 2. The van der Waals surface area contributed by atoms with Gasteiger partial charge in [0, 0.05) is 25.6 Å². The first-order valence-corrected chi connectivity index (χ1v) is 8.49. The summed E-state index contributed by atoms with van der Waals surface area (Å²) in [5.41, 5.74) is 0. The average Bonchev–Trinajstić information content (AvgIpc) is 2.97. The molecule has 0 aromatic carbocycles. The minimum absolute atomic E-state index is 0.139. The Morgan fingerprint density at radius 2 is 2.24 bits per heavy atom. The van der Waals surface area contributed by atoms with Crippen molar-refractivity contribution in [1.29, 1.82) is 0 Å². The van der Waals surface area contributed by atoms with Gasteiger partial charge in [0.05, 0.1) is 0 Å². The molecule has 2 N–H and O–H groups in total. The van der Waals surface area contributed by atoms with Gasteiger partial charge in [-0.05, 0) is 31.6 Å². The van der Waals surface area contributed by atoms with Crippen LogP contribution in [-0.4, -0.2) is 45.9 Å². The molecule has 1 aromatic rings. The van der Waals surface area contributed by atoms with E-state index in [-0.39, 0.29) is 18.6 Å². The smallest absolute Gasteiger partial charge is 0.323 e. The number of nitrogens with one attached hydrogen (secondary N) is 1. The van der Waals surface area contributed by atoms with Gasteiger partial charge in [-0.1, -0.05) is 25.2 Å². The lowest BCUT2D eigenvalue weighted by Crippen LogP contribution is -2.43. The maximum absolute atomic E-state index is 12.2. The number of aliphatic hydroxyl groups is 1. The maximum atomic E-state index is 12.2. The second-order valence-electron chi connectivity index (χ2n) is 5.53. The first-order valence-electron chi connectivity index (χ1n) is 7.68. The summed E-state index contributed by atoms with van der Waals surface area (Å²) in [7, 11) is 0. The summed E-state index contributed by atoms with van der Waals surface area (Å²) in [6.07, 6.45) is 3.98. The number of hydrogen-bond donors (Lipinski definition) is 2. The molecule has 0 radical (unpaired) electrons. The van der Waals surface area contributed by atoms with Gasteiger partial charge in [-0.25, -0.2) is 4.79 Å². The van der Waals surface area contributed by atoms with Crippen LogP contribution in [0.5, 0.6) is 0 Å². The highest BCUT2D eigenvalue weighted by atomic mass is 32.1. The topological polar surface area (TPSA) is 78.4 Å². The Morgan fingerprint density at radius 1 is 1.48 bits per heavy atom. The van der Waals surface area contributed by atoms with Crippen molar-refractivity contribution >= 4 is 22.5 Å².